The molecule has 1 aromatic rings. The smallest absolute Gasteiger partial charge is 0.294 e. The highest BCUT2D eigenvalue weighted by Crippen LogP contribution is 2.28. The number of hydrogen-bond donors (Lipinski definition) is 2. The van der Waals surface area contributed by atoms with E-state index in [2.05, 4.69) is 5.43 Å². The Bertz CT molecular complexity index is 519. The molecule has 21 heavy (non-hydrogen) atoms. The summed E-state index contributed by atoms with van der Waals surface area (Å²) in [7, 11) is 5.58. The van der Waals surface area contributed by atoms with Crippen LogP contribution in [0, 0.1) is 10.1 Å². The third-order valence-electron chi connectivity index (χ3n) is 3.06. The number of carbonyl (C=O) groups is 1. The molecule has 0 aliphatic heterocycles. The summed E-state index contributed by atoms with van der Waals surface area (Å²) in [4.78, 5) is 26.3. The maximum Gasteiger partial charge on any atom is 0.294 e. The molecular weight excluding hydrogens is 274 g/mol. The van der Waals surface area contributed by atoms with Crippen LogP contribution < -0.4 is 11.3 Å². The first-order chi connectivity index (χ1) is 9.88. The lowest BCUT2D eigenvalue weighted by Gasteiger charge is -2.19. The van der Waals surface area contributed by atoms with Crippen LogP contribution in [0.3, 0.4) is 0 Å². The second-order valence-corrected chi connectivity index (χ2v) is 4.98. The quantitative estimate of drug-likeness (QED) is 0.440. The highest BCUT2D eigenvalue weighted by molar-refractivity contribution is 6.01. The number of nitrogens with two attached hydrogens (primary N) is 1. The molecule has 0 unspecified atom stereocenters. The van der Waals surface area contributed by atoms with Gasteiger partial charge in [-0.1, -0.05) is 6.07 Å². The Morgan fingerprint density at radius 3 is 2.52 bits per heavy atom. The lowest BCUT2D eigenvalue weighted by atomic mass is 10.1. The monoisotopic (exact) mass is 295 g/mol. The Hall–Kier alpha value is -2.19. The molecule has 0 heterocycles. The predicted octanol–water partition coefficient (Wildman–Crippen LogP) is 0.904. The van der Waals surface area contributed by atoms with Crippen molar-refractivity contribution in [1.29, 1.82) is 0 Å². The summed E-state index contributed by atoms with van der Waals surface area (Å²) < 4.78 is 0. The number of anilines is 1. The molecule has 0 saturated heterocycles. The van der Waals surface area contributed by atoms with Crippen LogP contribution in [0.2, 0.25) is 0 Å². The number of para-hydroxylation sites is 1. The number of rotatable bonds is 7. The van der Waals surface area contributed by atoms with Crippen LogP contribution in [0.4, 0.5) is 11.4 Å². The molecule has 0 fully saturated rings. The molecule has 1 aromatic carbocycles. The summed E-state index contributed by atoms with van der Waals surface area (Å²) >= 11 is 0. The number of amides is 1. The van der Waals surface area contributed by atoms with Crippen LogP contribution in [0.15, 0.2) is 18.2 Å². The van der Waals surface area contributed by atoms with Gasteiger partial charge in [-0.05, 0) is 33.1 Å². The standard InChI is InChI=1S/C13H21N5O3/c1-16(2)8-5-9-17(3)13(19)10-6-4-7-11(18(20)21)12(10)15-14/h4,6-7,15H,5,8-9,14H2,1-3H3. The minimum Gasteiger partial charge on any atom is -0.342 e. The summed E-state index contributed by atoms with van der Waals surface area (Å²) in [5.41, 5.74) is 2.27. The Kier molecular flexibility index (Phi) is 6.07. The number of nitrogens with one attached hydrogen (secondary N) is 1. The maximum atomic E-state index is 12.4. The zero-order valence-electron chi connectivity index (χ0n) is 12.5. The Balaban J connectivity index is 2.91. The summed E-state index contributed by atoms with van der Waals surface area (Å²) in [5, 5.41) is 11.0. The van der Waals surface area contributed by atoms with Gasteiger partial charge in [-0.3, -0.25) is 20.8 Å². The number of benzene rings is 1. The van der Waals surface area contributed by atoms with Gasteiger partial charge in [0.15, 0.2) is 0 Å². The second-order valence-electron chi connectivity index (χ2n) is 4.98. The number of nitro benzene ring substituents is 1. The number of nitrogen functional groups attached to an aromatic ring is 1. The van der Waals surface area contributed by atoms with Crippen LogP contribution in [0.1, 0.15) is 16.8 Å². The van der Waals surface area contributed by atoms with Gasteiger partial charge >= 0.3 is 0 Å². The van der Waals surface area contributed by atoms with Gasteiger partial charge < -0.3 is 15.2 Å². The molecule has 0 radical (unpaired) electrons. The van der Waals surface area contributed by atoms with E-state index < -0.39 is 4.92 Å². The molecule has 116 valence electrons. The van der Waals surface area contributed by atoms with Gasteiger partial charge in [0.1, 0.15) is 5.69 Å². The van der Waals surface area contributed by atoms with Crippen LogP contribution in [-0.4, -0.2) is 54.9 Å². The van der Waals surface area contributed by atoms with Crippen molar-refractivity contribution in [2.24, 2.45) is 5.84 Å². The van der Waals surface area contributed by atoms with Crippen molar-refractivity contribution in [2.75, 3.05) is 39.7 Å². The van der Waals surface area contributed by atoms with E-state index in [1.165, 1.54) is 23.1 Å². The Labute approximate surface area is 123 Å². The highest BCUT2D eigenvalue weighted by atomic mass is 16.6. The molecule has 0 aromatic heterocycles. The summed E-state index contributed by atoms with van der Waals surface area (Å²) in [6.07, 6.45) is 0.815. The molecule has 8 heteroatoms. The van der Waals surface area contributed by atoms with E-state index in [1.54, 1.807) is 7.05 Å². The lowest BCUT2D eigenvalue weighted by molar-refractivity contribution is -0.384. The van der Waals surface area contributed by atoms with Crippen LogP contribution in [0.5, 0.6) is 0 Å². The Morgan fingerprint density at radius 1 is 1.33 bits per heavy atom. The fourth-order valence-corrected chi connectivity index (χ4v) is 1.95. The van der Waals surface area contributed by atoms with E-state index >= 15 is 0 Å². The van der Waals surface area contributed by atoms with Gasteiger partial charge in [0.2, 0.25) is 0 Å². The second kappa shape index (κ2) is 7.55. The van der Waals surface area contributed by atoms with E-state index in [0.29, 0.717) is 6.54 Å². The predicted molar refractivity (Wildman–Crippen MR) is 81.0 cm³/mol. The van der Waals surface area contributed by atoms with Crippen molar-refractivity contribution in [2.45, 2.75) is 6.42 Å². The average molecular weight is 295 g/mol. The maximum absolute atomic E-state index is 12.4. The molecule has 1 amide bonds. The van der Waals surface area contributed by atoms with Gasteiger partial charge in [-0.25, -0.2) is 0 Å². The van der Waals surface area contributed by atoms with Crippen LogP contribution in [-0.2, 0) is 0 Å². The topological polar surface area (TPSA) is 105 Å². The average Bonchev–Trinajstić information content (AvgIpc) is 2.44. The van der Waals surface area contributed by atoms with Crippen LogP contribution >= 0.6 is 0 Å². The number of hydrogen-bond acceptors (Lipinski definition) is 6. The van der Waals surface area contributed by atoms with E-state index in [1.807, 2.05) is 19.0 Å². The molecule has 0 saturated carbocycles. The molecule has 8 nitrogen and oxygen atoms in total. The first-order valence-electron chi connectivity index (χ1n) is 6.52. The molecular formula is C13H21N5O3. The summed E-state index contributed by atoms with van der Waals surface area (Å²) in [6, 6.07) is 4.30. The number of nitrogens with zero attached hydrogens (tertiary/aromatic N) is 3. The first-order valence-corrected chi connectivity index (χ1v) is 6.52. The fourth-order valence-electron chi connectivity index (χ4n) is 1.95. The molecule has 0 aliphatic rings. The van der Waals surface area contributed by atoms with Crippen molar-refractivity contribution in [3.8, 4) is 0 Å². The van der Waals surface area contributed by atoms with Crippen molar-refractivity contribution in [3.05, 3.63) is 33.9 Å². The van der Waals surface area contributed by atoms with Crippen LogP contribution in [0.25, 0.3) is 0 Å². The van der Waals surface area contributed by atoms with E-state index in [9.17, 15) is 14.9 Å². The van der Waals surface area contributed by atoms with E-state index in [0.717, 1.165) is 13.0 Å². The third-order valence-corrected chi connectivity index (χ3v) is 3.06. The summed E-state index contributed by atoms with van der Waals surface area (Å²) in [5.74, 6) is 5.03. The molecule has 1 rings (SSSR count). The fraction of sp³-hybridized carbons (Fsp3) is 0.462. The van der Waals surface area contributed by atoms with Crippen molar-refractivity contribution < 1.29 is 9.72 Å². The molecule has 3 N–H and O–H groups in total. The minimum atomic E-state index is -0.571. The highest BCUT2D eigenvalue weighted by Gasteiger charge is 2.22. The van der Waals surface area contributed by atoms with Gasteiger partial charge in [0, 0.05) is 19.7 Å². The normalized spacial score (nSPS) is 10.5. The lowest BCUT2D eigenvalue weighted by Crippen LogP contribution is -2.30. The molecule has 0 bridgehead atoms. The minimum absolute atomic E-state index is 0.0342. The first kappa shape index (κ1) is 16.9. The molecule has 0 atom stereocenters. The van der Waals surface area contributed by atoms with Gasteiger partial charge in [-0.2, -0.15) is 0 Å². The third kappa shape index (κ3) is 4.40. The van der Waals surface area contributed by atoms with Crippen molar-refractivity contribution in [3.63, 3.8) is 0 Å². The summed E-state index contributed by atoms with van der Waals surface area (Å²) in [6.45, 7) is 1.41. The zero-order chi connectivity index (χ0) is 16.0. The van der Waals surface area contributed by atoms with Gasteiger partial charge in [0.05, 0.1) is 10.5 Å². The van der Waals surface area contributed by atoms with E-state index in [4.69, 9.17) is 5.84 Å². The van der Waals surface area contributed by atoms with Gasteiger partial charge in [0.25, 0.3) is 11.6 Å². The number of hydrazine groups is 1. The largest absolute Gasteiger partial charge is 0.342 e. The number of nitro groups is 1. The van der Waals surface area contributed by atoms with Gasteiger partial charge in [-0.15, -0.1) is 0 Å². The van der Waals surface area contributed by atoms with Crippen molar-refractivity contribution in [1.82, 2.24) is 9.80 Å². The number of carbonyl (C=O) groups excluding carboxylic acids is 1. The Morgan fingerprint density at radius 2 is 2.00 bits per heavy atom. The van der Waals surface area contributed by atoms with E-state index in [-0.39, 0.29) is 22.8 Å². The SMILES string of the molecule is CN(C)CCCN(C)C(=O)c1cccc([N+](=O)[O-])c1NN. The molecule has 0 spiro atoms. The van der Waals surface area contributed by atoms with Crippen molar-refractivity contribution >= 4 is 17.3 Å². The molecule has 0 aliphatic carbocycles. The zero-order valence-corrected chi connectivity index (χ0v) is 12.5.